The number of hydrogen-bond acceptors (Lipinski definition) is 9. The Labute approximate surface area is 322 Å². The Hall–Kier alpha value is -5.27. The van der Waals surface area contributed by atoms with Gasteiger partial charge in [0.2, 0.25) is 5.91 Å². The summed E-state index contributed by atoms with van der Waals surface area (Å²) in [5.41, 5.74) is 7.42. The third-order valence-corrected chi connectivity index (χ3v) is 11.8. The van der Waals surface area contributed by atoms with Crippen LogP contribution in [0, 0.1) is 12.3 Å². The number of amides is 2. The number of ether oxygens (including phenoxy) is 1. The van der Waals surface area contributed by atoms with Crippen molar-refractivity contribution in [2.45, 2.75) is 72.0 Å². The lowest BCUT2D eigenvalue weighted by atomic mass is 9.90. The van der Waals surface area contributed by atoms with Gasteiger partial charge < -0.3 is 29.4 Å². The van der Waals surface area contributed by atoms with E-state index in [1.807, 2.05) is 31.2 Å². The number of nitrogens with one attached hydrogen (secondary N) is 2. The number of aromatic nitrogens is 4. The predicted octanol–water partition coefficient (Wildman–Crippen LogP) is 5.30. The zero-order valence-electron chi connectivity index (χ0n) is 32.5. The van der Waals surface area contributed by atoms with Crippen molar-refractivity contribution in [3.63, 3.8) is 0 Å². The monoisotopic (exact) mass is 745 g/mol. The molecule has 13 heteroatoms. The molecule has 4 aromatic rings. The van der Waals surface area contributed by atoms with Crippen molar-refractivity contribution >= 4 is 40.5 Å². The van der Waals surface area contributed by atoms with Crippen molar-refractivity contribution in [2.75, 3.05) is 59.8 Å². The van der Waals surface area contributed by atoms with E-state index in [0.29, 0.717) is 47.7 Å². The van der Waals surface area contributed by atoms with Gasteiger partial charge in [0.25, 0.3) is 11.5 Å². The Kier molecular flexibility index (Phi) is 9.62. The lowest BCUT2D eigenvalue weighted by Gasteiger charge is -2.45. The normalized spacial score (nSPS) is 19.9. The first-order valence-electron chi connectivity index (χ1n) is 19.4. The van der Waals surface area contributed by atoms with E-state index in [1.54, 1.807) is 24.3 Å². The Morgan fingerprint density at radius 2 is 1.85 bits per heavy atom. The Balaban J connectivity index is 1.05. The van der Waals surface area contributed by atoms with Gasteiger partial charge >= 0.3 is 0 Å². The number of aryl methyl sites for hydroxylation is 1. The molecule has 2 amide bonds. The number of piperazine rings is 1. The highest BCUT2D eigenvalue weighted by Gasteiger charge is 2.37. The van der Waals surface area contributed by atoms with Crippen LogP contribution in [0.3, 0.4) is 0 Å². The van der Waals surface area contributed by atoms with Crippen molar-refractivity contribution in [1.29, 1.82) is 0 Å². The third kappa shape index (κ3) is 6.95. The van der Waals surface area contributed by atoms with Gasteiger partial charge in [-0.2, -0.15) is 0 Å². The van der Waals surface area contributed by atoms with Gasteiger partial charge in [-0.15, -0.1) is 0 Å². The summed E-state index contributed by atoms with van der Waals surface area (Å²) in [4.78, 5) is 56.3. The van der Waals surface area contributed by atoms with Crippen molar-refractivity contribution in [1.82, 2.24) is 24.0 Å². The number of nitrogens with zero attached hydrogens (tertiary/aromatic N) is 7. The number of rotatable bonds is 8. The summed E-state index contributed by atoms with van der Waals surface area (Å²) in [6.45, 7) is 17.9. The first kappa shape index (κ1) is 36.7. The Morgan fingerprint density at radius 3 is 2.62 bits per heavy atom. The summed E-state index contributed by atoms with van der Waals surface area (Å²) < 4.78 is 9.29. The van der Waals surface area contributed by atoms with Crippen LogP contribution in [0.5, 0.6) is 0 Å². The zero-order valence-corrected chi connectivity index (χ0v) is 32.5. The molecule has 0 spiro atoms. The van der Waals surface area contributed by atoms with Crippen molar-refractivity contribution in [3.05, 3.63) is 88.2 Å². The van der Waals surface area contributed by atoms with Crippen LogP contribution < -0.4 is 26.0 Å². The molecule has 8 rings (SSSR count). The van der Waals surface area contributed by atoms with E-state index in [4.69, 9.17) is 9.72 Å². The van der Waals surface area contributed by atoms with Crippen LogP contribution in [0.4, 0.5) is 28.7 Å². The molecule has 1 unspecified atom stereocenters. The van der Waals surface area contributed by atoms with Gasteiger partial charge in [0.1, 0.15) is 11.5 Å². The van der Waals surface area contributed by atoms with E-state index >= 15 is 0 Å². The number of hydrogen-bond donors (Lipinski definition) is 2. The fourth-order valence-corrected chi connectivity index (χ4v) is 9.02. The van der Waals surface area contributed by atoms with Gasteiger partial charge in [-0.3, -0.25) is 24.2 Å². The van der Waals surface area contributed by atoms with Gasteiger partial charge in [-0.1, -0.05) is 20.4 Å². The van der Waals surface area contributed by atoms with Gasteiger partial charge in [0.05, 0.1) is 17.1 Å². The average molecular weight is 746 g/mol. The van der Waals surface area contributed by atoms with Crippen LogP contribution in [0.2, 0.25) is 0 Å². The molecule has 0 radical (unpaired) electrons. The largest absolute Gasteiger partial charge is 0.381 e. The molecule has 3 aliphatic heterocycles. The molecule has 1 aromatic carbocycles. The van der Waals surface area contributed by atoms with E-state index in [-0.39, 0.29) is 34.6 Å². The molecule has 0 saturated carbocycles. The summed E-state index contributed by atoms with van der Waals surface area (Å²) in [5.74, 6) is 0.344. The van der Waals surface area contributed by atoms with Gasteiger partial charge in [0, 0.05) is 100.0 Å². The maximum Gasteiger partial charge on any atom is 0.293 e. The number of carbonyl (C=O) groups is 2. The van der Waals surface area contributed by atoms with Crippen molar-refractivity contribution in [3.8, 4) is 11.3 Å². The summed E-state index contributed by atoms with van der Waals surface area (Å²) in [6, 6.07) is 10.4. The van der Waals surface area contributed by atoms with E-state index in [9.17, 15) is 14.4 Å². The van der Waals surface area contributed by atoms with Crippen molar-refractivity contribution in [2.24, 2.45) is 12.5 Å². The second kappa shape index (κ2) is 14.4. The summed E-state index contributed by atoms with van der Waals surface area (Å²) in [7, 11) is 1.69. The number of benzene rings is 1. The first-order valence-corrected chi connectivity index (χ1v) is 19.4. The summed E-state index contributed by atoms with van der Waals surface area (Å²) >= 11 is 0. The second-order valence-corrected chi connectivity index (χ2v) is 16.3. The standard InChI is InChI=1S/C42H51N9O4/c1-7-37(52)45-32-21-29(8-9-34(32)49-15-14-48(24-26(49)2)30-11-18-55-19-12-30)44-38-41(54)47(6)25-33(46-38)31-10-13-43-39(27(31)3)51-17-16-50-35(40(51)53)20-28-22-42(4,5)23-36(28)50/h7-10,13,20-21,25-26,30H,1,11-12,14-19,22-24H2,2-6H3,(H,44,46)(H,45,52). The highest BCUT2D eigenvalue weighted by Crippen LogP contribution is 2.40. The quantitative estimate of drug-likeness (QED) is 0.231. The maximum atomic E-state index is 13.9. The molecule has 1 atom stereocenters. The average Bonchev–Trinajstić information content (AvgIpc) is 3.66. The van der Waals surface area contributed by atoms with Crippen LogP contribution in [-0.2, 0) is 36.0 Å². The number of pyridine rings is 1. The highest BCUT2D eigenvalue weighted by atomic mass is 16.5. The molecular formula is C42H51N9O4. The van der Waals surface area contributed by atoms with Gasteiger partial charge in [-0.25, -0.2) is 9.97 Å². The molecule has 3 aromatic heterocycles. The lowest BCUT2D eigenvalue weighted by Crippen LogP contribution is -2.56. The molecule has 2 fully saturated rings. The van der Waals surface area contributed by atoms with E-state index in [0.717, 1.165) is 75.3 Å². The summed E-state index contributed by atoms with van der Waals surface area (Å²) in [6.07, 6.45) is 8.70. The second-order valence-electron chi connectivity index (χ2n) is 16.3. The Bertz CT molecular complexity index is 2230. The number of anilines is 5. The van der Waals surface area contributed by atoms with Gasteiger partial charge in [0.15, 0.2) is 5.82 Å². The molecule has 1 aliphatic carbocycles. The molecule has 4 aliphatic rings. The van der Waals surface area contributed by atoms with Crippen LogP contribution in [0.1, 0.15) is 60.9 Å². The molecular weight excluding hydrogens is 695 g/mol. The molecule has 13 nitrogen and oxygen atoms in total. The molecule has 6 heterocycles. The third-order valence-electron chi connectivity index (χ3n) is 11.8. The predicted molar refractivity (Wildman–Crippen MR) is 216 cm³/mol. The number of fused-ring (bicyclic) bond motifs is 3. The SMILES string of the molecule is C=CC(=O)Nc1cc(Nc2nc(-c3ccnc(N4CCn5c(cc6c5CC(C)(C)C6)C4=O)c3C)cn(C)c2=O)ccc1N1CCN(C2CCOCC2)CC1C. The smallest absolute Gasteiger partial charge is 0.293 e. The molecule has 0 bridgehead atoms. The van der Waals surface area contributed by atoms with Crippen LogP contribution in [0.15, 0.2) is 60.2 Å². The van der Waals surface area contributed by atoms with Crippen molar-refractivity contribution < 1.29 is 14.3 Å². The minimum Gasteiger partial charge on any atom is -0.381 e. The minimum atomic E-state index is -0.319. The summed E-state index contributed by atoms with van der Waals surface area (Å²) in [5, 5.41) is 6.24. The Morgan fingerprint density at radius 1 is 1.05 bits per heavy atom. The van der Waals surface area contributed by atoms with E-state index in [2.05, 4.69) is 63.4 Å². The topological polar surface area (TPSA) is 130 Å². The first-order chi connectivity index (χ1) is 26.4. The molecule has 288 valence electrons. The highest BCUT2D eigenvalue weighted by molar-refractivity contribution is 6.06. The number of carbonyl (C=O) groups excluding carboxylic acids is 2. The molecule has 2 saturated heterocycles. The maximum absolute atomic E-state index is 13.9. The fraction of sp³-hybridized carbons (Fsp3) is 0.452. The molecule has 55 heavy (non-hydrogen) atoms. The van der Waals surface area contributed by atoms with E-state index < -0.39 is 0 Å². The van der Waals surface area contributed by atoms with Crippen LogP contribution in [-0.4, -0.2) is 87.3 Å². The molecule has 2 N–H and O–H groups in total. The minimum absolute atomic E-state index is 0.0552. The van der Waals surface area contributed by atoms with Crippen LogP contribution in [0.25, 0.3) is 11.3 Å². The van der Waals surface area contributed by atoms with Gasteiger partial charge in [-0.05, 0) is 86.9 Å². The zero-order chi connectivity index (χ0) is 38.6. The lowest BCUT2D eigenvalue weighted by molar-refractivity contribution is -0.111. The van der Waals surface area contributed by atoms with E-state index in [1.165, 1.54) is 21.9 Å². The fourth-order valence-electron chi connectivity index (χ4n) is 9.02. The van der Waals surface area contributed by atoms with Crippen LogP contribution >= 0.6 is 0 Å².